The van der Waals surface area contributed by atoms with E-state index in [4.69, 9.17) is 0 Å². The van der Waals surface area contributed by atoms with Crippen LogP contribution in [-0.4, -0.2) is 38.5 Å². The molecule has 0 radical (unpaired) electrons. The largest absolute Gasteiger partial charge is 0.772 e. The zero-order valence-electron chi connectivity index (χ0n) is 6.78. The predicted molar refractivity (Wildman–Crippen MR) is 44.1 cm³/mol. The fourth-order valence-electron chi connectivity index (χ4n) is 1.42. The molecule has 1 aliphatic rings. The van der Waals surface area contributed by atoms with Crippen molar-refractivity contribution in [1.82, 2.24) is 4.90 Å². The number of nitrogens with zero attached hydrogens (tertiary/aromatic N) is 1. The molecule has 0 amide bonds. The highest BCUT2D eigenvalue weighted by Gasteiger charge is 2.17. The van der Waals surface area contributed by atoms with E-state index in [0.717, 1.165) is 32.5 Å². The minimum absolute atomic E-state index is 0.0854. The summed E-state index contributed by atoms with van der Waals surface area (Å²) >= 11 is -1.85. The Morgan fingerprint density at radius 1 is 1.55 bits per heavy atom. The summed E-state index contributed by atoms with van der Waals surface area (Å²) in [6.45, 7) is 5.02. The Kier molecular flexibility index (Phi) is 3.48. The van der Waals surface area contributed by atoms with E-state index < -0.39 is 11.1 Å². The SMILES string of the molecule is CCN1CCC(S(=O)[O-])CC1. The lowest BCUT2D eigenvalue weighted by molar-refractivity contribution is 0.240. The van der Waals surface area contributed by atoms with Crippen LogP contribution in [0.3, 0.4) is 0 Å². The molecule has 11 heavy (non-hydrogen) atoms. The van der Waals surface area contributed by atoms with Crippen LogP contribution < -0.4 is 0 Å². The summed E-state index contributed by atoms with van der Waals surface area (Å²) in [5, 5.41) is -0.0854. The quantitative estimate of drug-likeness (QED) is 0.570. The summed E-state index contributed by atoms with van der Waals surface area (Å²) in [5.74, 6) is 0. The van der Waals surface area contributed by atoms with Crippen LogP contribution in [0.4, 0.5) is 0 Å². The second kappa shape index (κ2) is 4.18. The van der Waals surface area contributed by atoms with Gasteiger partial charge in [-0.1, -0.05) is 18.0 Å². The van der Waals surface area contributed by atoms with Gasteiger partial charge in [0.2, 0.25) is 0 Å². The van der Waals surface area contributed by atoms with Crippen LogP contribution in [0.25, 0.3) is 0 Å². The first-order chi connectivity index (χ1) is 5.24. The van der Waals surface area contributed by atoms with E-state index in [2.05, 4.69) is 11.8 Å². The predicted octanol–water partition coefficient (Wildman–Crippen LogP) is 0.350. The normalized spacial score (nSPS) is 25.3. The molecule has 0 bridgehead atoms. The summed E-state index contributed by atoms with van der Waals surface area (Å²) in [5.41, 5.74) is 0. The summed E-state index contributed by atoms with van der Waals surface area (Å²) < 4.78 is 21.1. The molecule has 0 saturated carbocycles. The van der Waals surface area contributed by atoms with Crippen molar-refractivity contribution in [1.29, 1.82) is 0 Å². The van der Waals surface area contributed by atoms with Gasteiger partial charge in [0.15, 0.2) is 0 Å². The van der Waals surface area contributed by atoms with Gasteiger partial charge in [-0.05, 0) is 32.5 Å². The number of likely N-dealkylation sites (tertiary alicyclic amines) is 1. The molecule has 1 atom stereocenters. The van der Waals surface area contributed by atoms with Crippen molar-refractivity contribution in [3.8, 4) is 0 Å². The van der Waals surface area contributed by atoms with Crippen LogP contribution in [0.15, 0.2) is 0 Å². The molecule has 1 aliphatic heterocycles. The van der Waals surface area contributed by atoms with Gasteiger partial charge in [-0.25, -0.2) is 0 Å². The van der Waals surface area contributed by atoms with Gasteiger partial charge in [-0.15, -0.1) is 0 Å². The first-order valence-electron chi connectivity index (χ1n) is 4.04. The smallest absolute Gasteiger partial charge is 0.0240 e. The molecule has 0 aromatic carbocycles. The van der Waals surface area contributed by atoms with Crippen molar-refractivity contribution >= 4 is 11.1 Å². The maximum Gasteiger partial charge on any atom is 0.0240 e. The van der Waals surface area contributed by atoms with Gasteiger partial charge < -0.3 is 9.45 Å². The van der Waals surface area contributed by atoms with E-state index >= 15 is 0 Å². The molecule has 1 saturated heterocycles. The molecule has 4 heteroatoms. The van der Waals surface area contributed by atoms with E-state index in [-0.39, 0.29) is 5.25 Å². The van der Waals surface area contributed by atoms with Gasteiger partial charge in [0.25, 0.3) is 0 Å². The van der Waals surface area contributed by atoms with Gasteiger partial charge in [-0.2, -0.15) is 0 Å². The first kappa shape index (κ1) is 9.16. The molecule has 1 heterocycles. The third-order valence-electron chi connectivity index (χ3n) is 2.25. The van der Waals surface area contributed by atoms with Crippen molar-refractivity contribution in [2.24, 2.45) is 0 Å². The molecule has 1 rings (SSSR count). The van der Waals surface area contributed by atoms with Crippen molar-refractivity contribution in [2.45, 2.75) is 25.0 Å². The van der Waals surface area contributed by atoms with Crippen LogP contribution in [0.2, 0.25) is 0 Å². The highest BCUT2D eigenvalue weighted by Crippen LogP contribution is 2.13. The number of piperidine rings is 1. The fourth-order valence-corrected chi connectivity index (χ4v) is 2.01. The zero-order valence-corrected chi connectivity index (χ0v) is 7.60. The van der Waals surface area contributed by atoms with E-state index in [1.54, 1.807) is 0 Å². The third kappa shape index (κ3) is 2.54. The number of hydrogen-bond acceptors (Lipinski definition) is 3. The maximum absolute atomic E-state index is 10.5. The first-order valence-corrected chi connectivity index (χ1v) is 5.18. The van der Waals surface area contributed by atoms with E-state index in [0.29, 0.717) is 0 Å². The number of rotatable bonds is 2. The monoisotopic (exact) mass is 176 g/mol. The Hall–Kier alpha value is 0.0700. The van der Waals surface area contributed by atoms with Gasteiger partial charge in [0, 0.05) is 5.25 Å². The van der Waals surface area contributed by atoms with Crippen LogP contribution >= 0.6 is 0 Å². The summed E-state index contributed by atoms with van der Waals surface area (Å²) in [4.78, 5) is 2.28. The van der Waals surface area contributed by atoms with E-state index in [1.165, 1.54) is 0 Å². The van der Waals surface area contributed by atoms with E-state index in [9.17, 15) is 8.76 Å². The summed E-state index contributed by atoms with van der Waals surface area (Å²) in [6.07, 6.45) is 1.62. The molecule has 1 unspecified atom stereocenters. The van der Waals surface area contributed by atoms with Crippen molar-refractivity contribution in [3.05, 3.63) is 0 Å². The molecule has 66 valence electrons. The van der Waals surface area contributed by atoms with Crippen LogP contribution in [0.5, 0.6) is 0 Å². The minimum atomic E-state index is -1.85. The Labute approximate surface area is 70.1 Å². The second-order valence-corrected chi connectivity index (χ2v) is 4.08. The molecule has 3 nitrogen and oxygen atoms in total. The Bertz CT molecular complexity index is 143. The molecule has 1 fully saturated rings. The third-order valence-corrected chi connectivity index (χ3v) is 3.27. The average Bonchev–Trinajstić information content (AvgIpc) is 2.05. The molecule has 0 aromatic rings. The highest BCUT2D eigenvalue weighted by molar-refractivity contribution is 7.79. The molecular formula is C7H14NO2S-. The van der Waals surface area contributed by atoms with Crippen molar-refractivity contribution in [3.63, 3.8) is 0 Å². The standard InChI is InChI=1S/C7H15NO2S/c1-2-8-5-3-7(4-6-8)11(9)10/h7H,2-6H2,1H3,(H,9,10)/p-1. The lowest BCUT2D eigenvalue weighted by Gasteiger charge is -2.31. The van der Waals surface area contributed by atoms with Crippen molar-refractivity contribution in [2.75, 3.05) is 19.6 Å². The second-order valence-electron chi connectivity index (χ2n) is 2.89. The molecule has 0 aromatic heterocycles. The minimum Gasteiger partial charge on any atom is -0.772 e. The Balaban J connectivity index is 2.30. The van der Waals surface area contributed by atoms with Crippen LogP contribution in [0.1, 0.15) is 19.8 Å². The average molecular weight is 176 g/mol. The highest BCUT2D eigenvalue weighted by atomic mass is 32.2. The Morgan fingerprint density at radius 2 is 2.09 bits per heavy atom. The van der Waals surface area contributed by atoms with Gasteiger partial charge >= 0.3 is 0 Å². The lowest BCUT2D eigenvalue weighted by Crippen LogP contribution is -2.37. The number of hydrogen-bond donors (Lipinski definition) is 0. The molecule has 0 spiro atoms. The van der Waals surface area contributed by atoms with Crippen LogP contribution in [-0.2, 0) is 11.1 Å². The zero-order chi connectivity index (χ0) is 8.27. The molecular weight excluding hydrogens is 162 g/mol. The van der Waals surface area contributed by atoms with Crippen LogP contribution in [0, 0.1) is 0 Å². The van der Waals surface area contributed by atoms with Gasteiger partial charge in [-0.3, -0.25) is 4.21 Å². The van der Waals surface area contributed by atoms with E-state index in [1.807, 2.05) is 0 Å². The van der Waals surface area contributed by atoms with Gasteiger partial charge in [0.05, 0.1) is 0 Å². The maximum atomic E-state index is 10.5. The Morgan fingerprint density at radius 3 is 2.45 bits per heavy atom. The molecule has 0 aliphatic carbocycles. The fraction of sp³-hybridized carbons (Fsp3) is 1.00. The van der Waals surface area contributed by atoms with Crippen molar-refractivity contribution < 1.29 is 8.76 Å². The van der Waals surface area contributed by atoms with Gasteiger partial charge in [0.1, 0.15) is 0 Å². The summed E-state index contributed by atoms with van der Waals surface area (Å²) in [7, 11) is 0. The lowest BCUT2D eigenvalue weighted by atomic mass is 10.1. The molecule has 0 N–H and O–H groups in total. The topological polar surface area (TPSA) is 43.4 Å². The summed E-state index contributed by atoms with van der Waals surface area (Å²) in [6, 6.07) is 0.